The van der Waals surface area contributed by atoms with Gasteiger partial charge in [0.25, 0.3) is 0 Å². The average molecular weight is 830 g/mol. The quantitative estimate of drug-likeness (QED) is 0.0346. The fourth-order valence-electron chi connectivity index (χ4n) is 7.08. The van der Waals surface area contributed by atoms with Crippen LogP contribution in [0.2, 0.25) is 0 Å². The zero-order valence-electron chi connectivity index (χ0n) is 35.3. The minimum Gasteiger partial charge on any atom is -0.394 e. The monoisotopic (exact) mass is 830 g/mol. The Balaban J connectivity index is 1.79. The molecule has 0 spiro atoms. The van der Waals surface area contributed by atoms with E-state index in [1.165, 1.54) is 70.6 Å². The van der Waals surface area contributed by atoms with Gasteiger partial charge in [0.2, 0.25) is 5.91 Å². The van der Waals surface area contributed by atoms with Crippen LogP contribution in [0.1, 0.15) is 142 Å². The zero-order chi connectivity index (χ0) is 42.5. The van der Waals surface area contributed by atoms with Crippen molar-refractivity contribution in [3.05, 3.63) is 36.5 Å². The van der Waals surface area contributed by atoms with Crippen molar-refractivity contribution < 1.29 is 64.6 Å². The highest BCUT2D eigenvalue weighted by atomic mass is 16.7. The third-order valence-electron chi connectivity index (χ3n) is 10.8. The van der Waals surface area contributed by atoms with E-state index in [4.69, 9.17) is 18.9 Å². The third-order valence-corrected chi connectivity index (χ3v) is 10.8. The van der Waals surface area contributed by atoms with Crippen LogP contribution in [-0.4, -0.2) is 140 Å². The molecule has 2 aliphatic heterocycles. The molecule has 2 rings (SSSR count). The Morgan fingerprint density at radius 3 is 1.69 bits per heavy atom. The highest BCUT2D eigenvalue weighted by Gasteiger charge is 2.50. The molecule has 12 unspecified atom stereocenters. The van der Waals surface area contributed by atoms with E-state index in [0.29, 0.717) is 12.8 Å². The number of allylic oxidation sites excluding steroid dienone is 5. The smallest absolute Gasteiger partial charge is 0.220 e. The molecule has 12 atom stereocenters. The Bertz CT molecular complexity index is 1120. The molecule has 2 saturated heterocycles. The minimum absolute atomic E-state index is 0.255. The second kappa shape index (κ2) is 32.0. The van der Waals surface area contributed by atoms with Crippen molar-refractivity contribution in [2.45, 2.75) is 216 Å². The van der Waals surface area contributed by atoms with E-state index in [9.17, 15) is 45.6 Å². The first-order valence-corrected chi connectivity index (χ1v) is 22.2. The van der Waals surface area contributed by atoms with E-state index >= 15 is 0 Å². The standard InChI is InChI=1S/C44H79NO13/c1-3-5-7-8-9-10-11-12-13-14-15-16-17-18-19-20-21-22-23-24-26-27-33(48)32(45-36(49)28-25-6-4-2)31-55-43-41(54)39(52)42(35(30-47)57-43)58-44-40(53)38(51)37(50)34(29-46)56-44/h17-18,21-22,26-27,32-35,37-44,46-48,50-54H,3-16,19-20,23-25,28-31H2,1-2H3,(H,45,49)/b18-17+,22-21+,27-26+. The van der Waals surface area contributed by atoms with Gasteiger partial charge in [0, 0.05) is 6.42 Å². The fourth-order valence-corrected chi connectivity index (χ4v) is 7.08. The number of hydrogen-bond acceptors (Lipinski definition) is 13. The van der Waals surface area contributed by atoms with E-state index in [1.807, 2.05) is 13.0 Å². The van der Waals surface area contributed by atoms with Crippen LogP contribution in [-0.2, 0) is 23.7 Å². The predicted molar refractivity (Wildman–Crippen MR) is 221 cm³/mol. The summed E-state index contributed by atoms with van der Waals surface area (Å²) in [7, 11) is 0. The molecule has 0 saturated carbocycles. The molecular formula is C44H79NO13. The molecule has 2 heterocycles. The molecule has 9 N–H and O–H groups in total. The third kappa shape index (κ3) is 20.2. The van der Waals surface area contributed by atoms with Crippen molar-refractivity contribution >= 4 is 5.91 Å². The second-order valence-electron chi connectivity index (χ2n) is 15.8. The van der Waals surface area contributed by atoms with Crippen LogP contribution in [0.25, 0.3) is 0 Å². The van der Waals surface area contributed by atoms with Crippen LogP contribution >= 0.6 is 0 Å². The first kappa shape index (κ1) is 52.3. The predicted octanol–water partition coefficient (Wildman–Crippen LogP) is 3.98. The highest BCUT2D eigenvalue weighted by molar-refractivity contribution is 5.76. The van der Waals surface area contributed by atoms with Gasteiger partial charge in [-0.25, -0.2) is 0 Å². The lowest BCUT2D eigenvalue weighted by atomic mass is 9.97. The molecule has 2 aliphatic rings. The van der Waals surface area contributed by atoms with Crippen molar-refractivity contribution in [2.24, 2.45) is 0 Å². The topological polar surface area (TPSA) is 228 Å². The summed E-state index contributed by atoms with van der Waals surface area (Å²) in [5.74, 6) is -0.281. The van der Waals surface area contributed by atoms with Gasteiger partial charge in [-0.05, 0) is 44.9 Å². The molecule has 0 aromatic carbocycles. The van der Waals surface area contributed by atoms with Gasteiger partial charge in [0.05, 0.1) is 32.0 Å². The molecule has 0 bridgehead atoms. The lowest BCUT2D eigenvalue weighted by Crippen LogP contribution is -2.65. The Morgan fingerprint density at radius 1 is 0.603 bits per heavy atom. The Morgan fingerprint density at radius 2 is 1.10 bits per heavy atom. The number of rotatable bonds is 32. The van der Waals surface area contributed by atoms with Crippen LogP contribution in [0.4, 0.5) is 0 Å². The van der Waals surface area contributed by atoms with Crippen molar-refractivity contribution in [2.75, 3.05) is 19.8 Å². The Labute approximate surface area is 347 Å². The molecule has 0 aromatic heterocycles. The van der Waals surface area contributed by atoms with Crippen LogP contribution in [0.3, 0.4) is 0 Å². The molecule has 338 valence electrons. The van der Waals surface area contributed by atoms with Crippen LogP contribution in [0.15, 0.2) is 36.5 Å². The summed E-state index contributed by atoms with van der Waals surface area (Å²) in [6, 6.07) is -0.929. The highest BCUT2D eigenvalue weighted by Crippen LogP contribution is 2.30. The van der Waals surface area contributed by atoms with Crippen LogP contribution < -0.4 is 5.32 Å². The minimum atomic E-state index is -1.79. The number of amides is 1. The number of aliphatic hydroxyl groups excluding tert-OH is 8. The second-order valence-corrected chi connectivity index (χ2v) is 15.8. The normalized spacial score (nSPS) is 29.1. The number of unbranched alkanes of at least 4 members (excludes halogenated alkanes) is 15. The summed E-state index contributed by atoms with van der Waals surface area (Å²) < 4.78 is 22.4. The molecule has 58 heavy (non-hydrogen) atoms. The summed E-state index contributed by atoms with van der Waals surface area (Å²) >= 11 is 0. The first-order chi connectivity index (χ1) is 28.1. The summed E-state index contributed by atoms with van der Waals surface area (Å²) in [5.41, 5.74) is 0. The summed E-state index contributed by atoms with van der Waals surface area (Å²) in [5, 5.41) is 85.8. The number of carbonyl (C=O) groups excluding carboxylic acids is 1. The van der Waals surface area contributed by atoms with Gasteiger partial charge in [-0.1, -0.05) is 127 Å². The first-order valence-electron chi connectivity index (χ1n) is 22.2. The molecule has 14 heteroatoms. The van der Waals surface area contributed by atoms with Crippen LogP contribution in [0, 0.1) is 0 Å². The molecule has 14 nitrogen and oxygen atoms in total. The number of ether oxygens (including phenoxy) is 4. The maximum atomic E-state index is 12.7. The molecular weight excluding hydrogens is 750 g/mol. The molecule has 1 amide bonds. The van der Waals surface area contributed by atoms with Crippen LogP contribution in [0.5, 0.6) is 0 Å². The van der Waals surface area contributed by atoms with Gasteiger partial charge in [-0.15, -0.1) is 0 Å². The van der Waals surface area contributed by atoms with Gasteiger partial charge in [0.15, 0.2) is 12.6 Å². The number of carbonyl (C=O) groups is 1. The largest absolute Gasteiger partial charge is 0.394 e. The van der Waals surface area contributed by atoms with Gasteiger partial charge in [-0.3, -0.25) is 4.79 Å². The molecule has 2 fully saturated rings. The SMILES string of the molecule is CCCCCCCCCCCCC/C=C/CC/C=C/CC/C=C/C(O)C(COC1OC(CO)C(OC2OC(CO)C(O)C(O)C2O)C(O)C1O)NC(=O)CCCCC. The van der Waals surface area contributed by atoms with Crippen molar-refractivity contribution in [1.29, 1.82) is 0 Å². The lowest BCUT2D eigenvalue weighted by molar-refractivity contribution is -0.359. The Hall–Kier alpha value is -1.79. The number of aliphatic hydroxyl groups is 8. The van der Waals surface area contributed by atoms with Crippen molar-refractivity contribution in [1.82, 2.24) is 5.32 Å². The molecule has 0 aromatic rings. The van der Waals surface area contributed by atoms with Gasteiger partial charge in [0.1, 0.15) is 48.8 Å². The summed E-state index contributed by atoms with van der Waals surface area (Å²) in [4.78, 5) is 12.7. The Kier molecular flexibility index (Phi) is 28.9. The van der Waals surface area contributed by atoms with E-state index in [-0.39, 0.29) is 18.9 Å². The molecule has 0 aliphatic carbocycles. The zero-order valence-corrected chi connectivity index (χ0v) is 35.3. The van der Waals surface area contributed by atoms with Gasteiger partial charge < -0.3 is 65.1 Å². The van der Waals surface area contributed by atoms with Crippen molar-refractivity contribution in [3.8, 4) is 0 Å². The summed E-state index contributed by atoms with van der Waals surface area (Å²) in [6.45, 7) is 2.54. The van der Waals surface area contributed by atoms with Gasteiger partial charge >= 0.3 is 0 Å². The number of nitrogens with one attached hydrogen (secondary N) is 1. The maximum absolute atomic E-state index is 12.7. The van der Waals surface area contributed by atoms with Crippen molar-refractivity contribution in [3.63, 3.8) is 0 Å². The number of hydrogen-bond donors (Lipinski definition) is 9. The average Bonchev–Trinajstić information content (AvgIpc) is 3.22. The van der Waals surface area contributed by atoms with E-state index in [0.717, 1.165) is 38.5 Å². The maximum Gasteiger partial charge on any atom is 0.220 e. The van der Waals surface area contributed by atoms with E-state index in [2.05, 4.69) is 36.5 Å². The fraction of sp³-hybridized carbons (Fsp3) is 0.841. The van der Waals surface area contributed by atoms with E-state index < -0.39 is 86.8 Å². The van der Waals surface area contributed by atoms with E-state index in [1.54, 1.807) is 6.08 Å². The molecule has 0 radical (unpaired) electrons. The summed E-state index contributed by atoms with van der Waals surface area (Å²) in [6.07, 6.45) is 17.4. The lowest BCUT2D eigenvalue weighted by Gasteiger charge is -2.46. The van der Waals surface area contributed by atoms with Gasteiger partial charge in [-0.2, -0.15) is 0 Å².